The third-order valence-electron chi connectivity index (χ3n) is 3.75. The van der Waals surface area contributed by atoms with Crippen molar-refractivity contribution in [2.45, 2.75) is 58.0 Å². The van der Waals surface area contributed by atoms with Crippen molar-refractivity contribution in [3.05, 3.63) is 23.8 Å². The van der Waals surface area contributed by atoms with Gasteiger partial charge in [0.15, 0.2) is 0 Å². The van der Waals surface area contributed by atoms with Crippen LogP contribution in [-0.4, -0.2) is 17.8 Å². The molecule has 2 rings (SSSR count). The largest absolute Gasteiger partial charge is 0.508 e. The fraction of sp³-hybridized carbons (Fsp3) is 0.625. The van der Waals surface area contributed by atoms with Gasteiger partial charge in [-0.25, -0.2) is 0 Å². The van der Waals surface area contributed by atoms with Crippen LogP contribution >= 0.6 is 0 Å². The average molecular weight is 263 g/mol. The lowest BCUT2D eigenvalue weighted by Gasteiger charge is -2.18. The zero-order valence-corrected chi connectivity index (χ0v) is 12.0. The zero-order chi connectivity index (χ0) is 13.7. The van der Waals surface area contributed by atoms with Crippen LogP contribution in [0.2, 0.25) is 0 Å². The van der Waals surface area contributed by atoms with Gasteiger partial charge in [0.2, 0.25) is 0 Å². The van der Waals surface area contributed by atoms with Gasteiger partial charge >= 0.3 is 0 Å². The van der Waals surface area contributed by atoms with Crippen molar-refractivity contribution >= 4 is 0 Å². The van der Waals surface area contributed by atoms with Crippen molar-refractivity contribution in [3.63, 3.8) is 0 Å². The first-order valence-corrected chi connectivity index (χ1v) is 7.42. The minimum absolute atomic E-state index is 0.261. The van der Waals surface area contributed by atoms with Crippen LogP contribution in [0.5, 0.6) is 11.5 Å². The van der Waals surface area contributed by atoms with E-state index in [2.05, 4.69) is 19.2 Å². The van der Waals surface area contributed by atoms with Gasteiger partial charge in [-0.2, -0.15) is 0 Å². The first-order chi connectivity index (χ1) is 9.20. The molecule has 3 heteroatoms. The Balaban J connectivity index is 1.81. The summed E-state index contributed by atoms with van der Waals surface area (Å²) < 4.78 is 5.61. The Hall–Kier alpha value is -1.22. The Kier molecular flexibility index (Phi) is 5.08. The molecule has 2 unspecified atom stereocenters. The van der Waals surface area contributed by atoms with Gasteiger partial charge in [0, 0.05) is 17.7 Å². The predicted molar refractivity (Wildman–Crippen MR) is 77.7 cm³/mol. The summed E-state index contributed by atoms with van der Waals surface area (Å²) in [5, 5.41) is 13.1. The summed E-state index contributed by atoms with van der Waals surface area (Å²) in [6.07, 6.45) is 6.45. The fourth-order valence-corrected chi connectivity index (χ4v) is 2.64. The second kappa shape index (κ2) is 6.80. The number of ether oxygens (including phenoxy) is 1. The van der Waals surface area contributed by atoms with Crippen LogP contribution in [0.25, 0.3) is 0 Å². The lowest BCUT2D eigenvalue weighted by atomic mass is 10.0. The Morgan fingerprint density at radius 2 is 2.21 bits per heavy atom. The van der Waals surface area contributed by atoms with Gasteiger partial charge in [-0.05, 0) is 25.5 Å². The number of rotatable bonds is 7. The molecular formula is C16H25NO2. The van der Waals surface area contributed by atoms with Crippen LogP contribution < -0.4 is 10.1 Å². The average Bonchev–Trinajstić information content (AvgIpc) is 2.77. The Morgan fingerprint density at radius 1 is 1.37 bits per heavy atom. The lowest BCUT2D eigenvalue weighted by Crippen LogP contribution is -2.31. The summed E-state index contributed by atoms with van der Waals surface area (Å²) in [7, 11) is 0. The van der Waals surface area contributed by atoms with Gasteiger partial charge in [-0.15, -0.1) is 0 Å². The van der Waals surface area contributed by atoms with E-state index in [0.717, 1.165) is 5.75 Å². The minimum Gasteiger partial charge on any atom is -0.508 e. The van der Waals surface area contributed by atoms with Crippen molar-refractivity contribution in [2.75, 3.05) is 6.61 Å². The van der Waals surface area contributed by atoms with E-state index in [9.17, 15) is 5.11 Å². The highest BCUT2D eigenvalue weighted by atomic mass is 16.5. The zero-order valence-electron chi connectivity index (χ0n) is 12.0. The third kappa shape index (κ3) is 3.87. The Bertz CT molecular complexity index is 406. The number of benzene rings is 1. The van der Waals surface area contributed by atoms with E-state index < -0.39 is 0 Å². The first kappa shape index (κ1) is 14.2. The summed E-state index contributed by atoms with van der Waals surface area (Å²) in [6, 6.07) is 6.15. The van der Waals surface area contributed by atoms with Crippen LogP contribution in [0.15, 0.2) is 18.2 Å². The van der Waals surface area contributed by atoms with Crippen molar-refractivity contribution in [1.82, 2.24) is 5.32 Å². The summed E-state index contributed by atoms with van der Waals surface area (Å²) in [6.45, 7) is 5.15. The molecule has 1 aromatic carbocycles. The molecule has 0 fully saturated rings. The highest BCUT2D eigenvalue weighted by molar-refractivity contribution is 5.44. The fourth-order valence-electron chi connectivity index (χ4n) is 2.64. The standard InChI is InChI=1S/C16H25NO2/c1-3-4-5-6-7-12(2)17-15-11-19-16-10-13(18)8-9-14(15)16/h8-10,12,15,17-18H,3-7,11H2,1-2H3. The SMILES string of the molecule is CCCCCCC(C)NC1COc2cc(O)ccc21. The monoisotopic (exact) mass is 263 g/mol. The molecule has 0 saturated heterocycles. The molecule has 0 amide bonds. The van der Waals surface area contributed by atoms with Gasteiger partial charge in [-0.1, -0.05) is 32.6 Å². The van der Waals surface area contributed by atoms with Crippen LogP contribution in [0.3, 0.4) is 0 Å². The van der Waals surface area contributed by atoms with E-state index in [1.807, 2.05) is 6.07 Å². The molecule has 1 aliphatic heterocycles. The number of unbranched alkanes of at least 4 members (excludes halogenated alkanes) is 3. The summed E-state index contributed by atoms with van der Waals surface area (Å²) >= 11 is 0. The summed E-state index contributed by atoms with van der Waals surface area (Å²) in [4.78, 5) is 0. The van der Waals surface area contributed by atoms with Crippen LogP contribution in [0.4, 0.5) is 0 Å². The molecule has 19 heavy (non-hydrogen) atoms. The topological polar surface area (TPSA) is 41.5 Å². The molecule has 0 aliphatic carbocycles. The van der Waals surface area contributed by atoms with E-state index >= 15 is 0 Å². The predicted octanol–water partition coefficient (Wildman–Crippen LogP) is 3.77. The highest BCUT2D eigenvalue weighted by Gasteiger charge is 2.25. The smallest absolute Gasteiger partial charge is 0.127 e. The Labute approximate surface area is 116 Å². The molecule has 106 valence electrons. The number of hydrogen-bond acceptors (Lipinski definition) is 3. The molecule has 1 heterocycles. The van der Waals surface area contributed by atoms with Crippen molar-refractivity contribution < 1.29 is 9.84 Å². The van der Waals surface area contributed by atoms with Crippen molar-refractivity contribution in [2.24, 2.45) is 0 Å². The number of phenols is 1. The summed E-state index contributed by atoms with van der Waals surface area (Å²) in [5.41, 5.74) is 1.17. The van der Waals surface area contributed by atoms with Gasteiger partial charge < -0.3 is 15.2 Å². The normalized spacial score (nSPS) is 18.9. The number of aromatic hydroxyl groups is 1. The van der Waals surface area contributed by atoms with E-state index in [4.69, 9.17) is 4.74 Å². The molecule has 1 aliphatic rings. The third-order valence-corrected chi connectivity index (χ3v) is 3.75. The van der Waals surface area contributed by atoms with Crippen LogP contribution in [0, 0.1) is 0 Å². The maximum atomic E-state index is 9.43. The second-order valence-corrected chi connectivity index (χ2v) is 5.50. The van der Waals surface area contributed by atoms with Crippen LogP contribution in [0.1, 0.15) is 57.6 Å². The van der Waals surface area contributed by atoms with Gasteiger partial charge in [-0.3, -0.25) is 0 Å². The van der Waals surface area contributed by atoms with Crippen molar-refractivity contribution in [1.29, 1.82) is 0 Å². The Morgan fingerprint density at radius 3 is 3.00 bits per heavy atom. The number of fused-ring (bicyclic) bond motifs is 1. The maximum absolute atomic E-state index is 9.43. The van der Waals surface area contributed by atoms with Crippen molar-refractivity contribution in [3.8, 4) is 11.5 Å². The van der Waals surface area contributed by atoms with Gasteiger partial charge in [0.05, 0.1) is 6.04 Å². The van der Waals surface area contributed by atoms with E-state index in [0.29, 0.717) is 12.6 Å². The van der Waals surface area contributed by atoms with Crippen LogP contribution in [-0.2, 0) is 0 Å². The molecule has 0 aromatic heterocycles. The molecule has 2 atom stereocenters. The second-order valence-electron chi connectivity index (χ2n) is 5.50. The molecule has 0 saturated carbocycles. The number of phenolic OH excluding ortho intramolecular Hbond substituents is 1. The number of nitrogens with one attached hydrogen (secondary N) is 1. The van der Waals surface area contributed by atoms with E-state index in [1.165, 1.54) is 37.7 Å². The lowest BCUT2D eigenvalue weighted by molar-refractivity contribution is 0.295. The molecule has 2 N–H and O–H groups in total. The number of hydrogen-bond donors (Lipinski definition) is 2. The van der Waals surface area contributed by atoms with Gasteiger partial charge in [0.1, 0.15) is 18.1 Å². The first-order valence-electron chi connectivity index (χ1n) is 7.42. The molecule has 1 aromatic rings. The molecule has 0 bridgehead atoms. The molecule has 0 radical (unpaired) electrons. The molecular weight excluding hydrogens is 238 g/mol. The molecule has 3 nitrogen and oxygen atoms in total. The molecule has 0 spiro atoms. The van der Waals surface area contributed by atoms with Gasteiger partial charge in [0.25, 0.3) is 0 Å². The maximum Gasteiger partial charge on any atom is 0.127 e. The van der Waals surface area contributed by atoms with E-state index in [1.54, 1.807) is 12.1 Å². The van der Waals surface area contributed by atoms with E-state index in [-0.39, 0.29) is 11.8 Å². The quantitative estimate of drug-likeness (QED) is 0.736. The minimum atomic E-state index is 0.261. The summed E-state index contributed by atoms with van der Waals surface area (Å²) in [5.74, 6) is 1.09. The highest BCUT2D eigenvalue weighted by Crippen LogP contribution is 2.35.